The SMILES string of the molecule is CCc1ccccc1NC(=O)Cn1nc(-c2ccncc2)nc1SCC(=O)NC1CCCC1. The maximum absolute atomic E-state index is 12.8. The zero-order valence-corrected chi connectivity index (χ0v) is 19.5. The first kappa shape index (κ1) is 23.0. The monoisotopic (exact) mass is 464 g/mol. The van der Waals surface area contributed by atoms with Gasteiger partial charge >= 0.3 is 0 Å². The molecule has 172 valence electrons. The van der Waals surface area contributed by atoms with E-state index in [4.69, 9.17) is 0 Å². The summed E-state index contributed by atoms with van der Waals surface area (Å²) in [5.74, 6) is 0.510. The van der Waals surface area contributed by atoms with E-state index in [1.54, 1.807) is 17.1 Å². The molecule has 8 nitrogen and oxygen atoms in total. The minimum absolute atomic E-state index is 0.00269. The topological polar surface area (TPSA) is 102 Å². The molecule has 1 aliphatic carbocycles. The van der Waals surface area contributed by atoms with Crippen LogP contribution in [0.5, 0.6) is 0 Å². The largest absolute Gasteiger partial charge is 0.353 e. The molecule has 0 atom stereocenters. The van der Waals surface area contributed by atoms with Crippen LogP contribution in [0.2, 0.25) is 0 Å². The van der Waals surface area contributed by atoms with Gasteiger partial charge < -0.3 is 10.6 Å². The number of nitrogens with zero attached hydrogens (tertiary/aromatic N) is 4. The summed E-state index contributed by atoms with van der Waals surface area (Å²) >= 11 is 1.29. The predicted molar refractivity (Wildman–Crippen MR) is 129 cm³/mol. The van der Waals surface area contributed by atoms with Crippen molar-refractivity contribution >= 4 is 29.3 Å². The molecule has 0 unspecified atom stereocenters. The lowest BCUT2D eigenvalue weighted by molar-refractivity contribution is -0.119. The number of thioether (sulfide) groups is 1. The smallest absolute Gasteiger partial charge is 0.246 e. The Bertz CT molecular complexity index is 1100. The Kier molecular flexibility index (Phi) is 7.72. The van der Waals surface area contributed by atoms with Crippen molar-refractivity contribution in [3.05, 3.63) is 54.4 Å². The average molecular weight is 465 g/mol. The van der Waals surface area contributed by atoms with Gasteiger partial charge in [0.25, 0.3) is 0 Å². The van der Waals surface area contributed by atoms with Crippen molar-refractivity contribution in [3.8, 4) is 11.4 Å². The molecule has 2 heterocycles. The number of pyridine rings is 1. The van der Waals surface area contributed by atoms with Crippen molar-refractivity contribution in [2.45, 2.75) is 56.8 Å². The van der Waals surface area contributed by atoms with Gasteiger partial charge in [-0.25, -0.2) is 9.67 Å². The van der Waals surface area contributed by atoms with E-state index in [9.17, 15) is 9.59 Å². The second-order valence-electron chi connectivity index (χ2n) is 8.01. The average Bonchev–Trinajstić information content (AvgIpc) is 3.48. The van der Waals surface area contributed by atoms with Crippen LogP contribution in [0.25, 0.3) is 11.4 Å². The number of para-hydroxylation sites is 1. The Morgan fingerprint density at radius 2 is 1.85 bits per heavy atom. The lowest BCUT2D eigenvalue weighted by atomic mass is 10.1. The molecular formula is C24H28N6O2S. The van der Waals surface area contributed by atoms with Crippen LogP contribution in [0.15, 0.2) is 53.9 Å². The van der Waals surface area contributed by atoms with E-state index in [2.05, 4.69) is 32.6 Å². The van der Waals surface area contributed by atoms with Crippen LogP contribution in [0, 0.1) is 0 Å². The molecule has 2 aromatic heterocycles. The summed E-state index contributed by atoms with van der Waals surface area (Å²) in [6.45, 7) is 2.05. The third-order valence-electron chi connectivity index (χ3n) is 5.59. The number of amides is 2. The number of hydrogen-bond acceptors (Lipinski definition) is 6. The van der Waals surface area contributed by atoms with Crippen LogP contribution >= 0.6 is 11.8 Å². The van der Waals surface area contributed by atoms with Crippen molar-refractivity contribution in [2.24, 2.45) is 0 Å². The van der Waals surface area contributed by atoms with Crippen LogP contribution in [-0.4, -0.2) is 43.4 Å². The summed E-state index contributed by atoms with van der Waals surface area (Å²) < 4.78 is 1.56. The van der Waals surface area contributed by atoms with E-state index >= 15 is 0 Å². The van der Waals surface area contributed by atoms with Gasteiger partial charge in [-0.2, -0.15) is 0 Å². The summed E-state index contributed by atoms with van der Waals surface area (Å²) in [4.78, 5) is 33.9. The fourth-order valence-electron chi connectivity index (χ4n) is 3.91. The minimum Gasteiger partial charge on any atom is -0.353 e. The second kappa shape index (κ2) is 11.1. The van der Waals surface area contributed by atoms with E-state index < -0.39 is 0 Å². The normalized spacial score (nSPS) is 13.7. The fourth-order valence-corrected chi connectivity index (χ4v) is 4.66. The Balaban J connectivity index is 1.48. The summed E-state index contributed by atoms with van der Waals surface area (Å²) in [5.41, 5.74) is 2.67. The molecule has 0 bridgehead atoms. The first-order valence-electron chi connectivity index (χ1n) is 11.3. The van der Waals surface area contributed by atoms with Gasteiger partial charge in [-0.05, 0) is 43.0 Å². The van der Waals surface area contributed by atoms with E-state index in [0.717, 1.165) is 48.9 Å². The third-order valence-corrected chi connectivity index (χ3v) is 6.56. The van der Waals surface area contributed by atoms with Crippen molar-refractivity contribution in [1.29, 1.82) is 0 Å². The zero-order chi connectivity index (χ0) is 23.0. The summed E-state index contributed by atoms with van der Waals surface area (Å²) in [5, 5.41) is 11.1. The lowest BCUT2D eigenvalue weighted by Gasteiger charge is -2.12. The molecule has 3 aromatic rings. The lowest BCUT2D eigenvalue weighted by Crippen LogP contribution is -2.33. The number of carbonyl (C=O) groups excluding carboxylic acids is 2. The quantitative estimate of drug-likeness (QED) is 0.468. The van der Waals surface area contributed by atoms with E-state index in [1.807, 2.05) is 36.4 Å². The number of carbonyl (C=O) groups is 2. The number of anilines is 1. The molecule has 1 fully saturated rings. The Morgan fingerprint density at radius 1 is 1.09 bits per heavy atom. The van der Waals surface area contributed by atoms with Crippen LogP contribution in [0.1, 0.15) is 38.2 Å². The number of aromatic nitrogens is 4. The van der Waals surface area contributed by atoms with Crippen molar-refractivity contribution in [2.75, 3.05) is 11.1 Å². The van der Waals surface area contributed by atoms with Gasteiger partial charge in [0.1, 0.15) is 6.54 Å². The van der Waals surface area contributed by atoms with Gasteiger partial charge in [-0.1, -0.05) is 49.7 Å². The Hall–Kier alpha value is -3.20. The van der Waals surface area contributed by atoms with Crippen molar-refractivity contribution in [3.63, 3.8) is 0 Å². The first-order valence-corrected chi connectivity index (χ1v) is 12.3. The summed E-state index contributed by atoms with van der Waals surface area (Å²) in [6.07, 6.45) is 8.58. The molecular weight excluding hydrogens is 436 g/mol. The summed E-state index contributed by atoms with van der Waals surface area (Å²) in [6, 6.07) is 11.7. The molecule has 1 aromatic carbocycles. The number of hydrogen-bond donors (Lipinski definition) is 2. The van der Waals surface area contributed by atoms with Crippen LogP contribution in [-0.2, 0) is 22.6 Å². The number of rotatable bonds is 9. The van der Waals surface area contributed by atoms with Gasteiger partial charge in [0, 0.05) is 29.7 Å². The molecule has 2 N–H and O–H groups in total. The molecule has 1 aliphatic rings. The molecule has 9 heteroatoms. The molecule has 0 spiro atoms. The van der Waals surface area contributed by atoms with Crippen molar-refractivity contribution in [1.82, 2.24) is 25.1 Å². The molecule has 0 aliphatic heterocycles. The highest BCUT2D eigenvalue weighted by Gasteiger charge is 2.20. The summed E-state index contributed by atoms with van der Waals surface area (Å²) in [7, 11) is 0. The zero-order valence-electron chi connectivity index (χ0n) is 18.7. The molecule has 0 saturated heterocycles. The highest BCUT2D eigenvalue weighted by Crippen LogP contribution is 2.23. The molecule has 0 radical (unpaired) electrons. The van der Waals surface area contributed by atoms with Crippen LogP contribution in [0.4, 0.5) is 5.69 Å². The molecule has 4 rings (SSSR count). The second-order valence-corrected chi connectivity index (χ2v) is 8.95. The Labute approximate surface area is 197 Å². The molecule has 33 heavy (non-hydrogen) atoms. The van der Waals surface area contributed by atoms with Gasteiger partial charge in [0.2, 0.25) is 11.8 Å². The predicted octanol–water partition coefficient (Wildman–Crippen LogP) is 3.69. The molecule has 1 saturated carbocycles. The minimum atomic E-state index is -0.195. The maximum Gasteiger partial charge on any atom is 0.246 e. The van der Waals surface area contributed by atoms with Gasteiger partial charge in [0.15, 0.2) is 11.0 Å². The van der Waals surface area contributed by atoms with Gasteiger partial charge in [-0.3, -0.25) is 14.6 Å². The third kappa shape index (κ3) is 6.19. The highest BCUT2D eigenvalue weighted by molar-refractivity contribution is 7.99. The van der Waals surface area contributed by atoms with E-state index in [-0.39, 0.29) is 30.2 Å². The first-order chi connectivity index (χ1) is 16.1. The van der Waals surface area contributed by atoms with Crippen LogP contribution < -0.4 is 10.6 Å². The Morgan fingerprint density at radius 3 is 2.61 bits per heavy atom. The highest BCUT2D eigenvalue weighted by atomic mass is 32.2. The van der Waals surface area contributed by atoms with E-state index in [0.29, 0.717) is 11.0 Å². The molecule has 2 amide bonds. The van der Waals surface area contributed by atoms with Gasteiger partial charge in [-0.15, -0.1) is 5.10 Å². The fraction of sp³-hybridized carbons (Fsp3) is 0.375. The standard InChI is InChI=1S/C24H28N6O2S/c1-2-17-7-3-6-10-20(17)27-21(31)15-30-24(28-23(29-30)18-11-13-25-14-12-18)33-16-22(32)26-19-8-4-5-9-19/h3,6-7,10-14,19H,2,4-5,8-9,15-16H2,1H3,(H,26,32)(H,27,31). The van der Waals surface area contributed by atoms with Crippen molar-refractivity contribution < 1.29 is 9.59 Å². The maximum atomic E-state index is 12.8. The van der Waals surface area contributed by atoms with Gasteiger partial charge in [0.05, 0.1) is 5.75 Å². The number of aryl methyl sites for hydroxylation is 1. The number of benzene rings is 1. The van der Waals surface area contributed by atoms with Crippen LogP contribution in [0.3, 0.4) is 0 Å². The van der Waals surface area contributed by atoms with E-state index in [1.165, 1.54) is 11.8 Å². The number of nitrogens with one attached hydrogen (secondary N) is 2.